The first-order valence-electron chi connectivity index (χ1n) is 10.2. The number of aromatic amines is 1. The summed E-state index contributed by atoms with van der Waals surface area (Å²) in [5, 5.41) is 9.62. The standard InChI is InChI=1S/C20H25N7O4S/c1-13-21-17(12-26(13)2)32(29,30)27-10-8-14(9-11-27)19(28)23-20-22-18(24-25-20)15-6-4-5-7-16(15)31-3/h4-7,12,14H,8-11H2,1-3H3,(H2,22,23,24,25,28). The van der Waals surface area contributed by atoms with Crippen molar-refractivity contribution in [3.8, 4) is 17.1 Å². The van der Waals surface area contributed by atoms with Gasteiger partial charge in [-0.15, -0.1) is 5.10 Å². The van der Waals surface area contributed by atoms with E-state index >= 15 is 0 Å². The van der Waals surface area contributed by atoms with Crippen LogP contribution >= 0.6 is 0 Å². The highest BCUT2D eigenvalue weighted by molar-refractivity contribution is 7.89. The number of aromatic nitrogens is 5. The summed E-state index contributed by atoms with van der Waals surface area (Å²) in [4.78, 5) is 21.2. The predicted molar refractivity (Wildman–Crippen MR) is 116 cm³/mol. The van der Waals surface area contributed by atoms with E-state index in [1.807, 2.05) is 24.3 Å². The molecule has 1 aliphatic rings. The van der Waals surface area contributed by atoms with Crippen molar-refractivity contribution in [2.75, 3.05) is 25.5 Å². The monoisotopic (exact) mass is 459 g/mol. The lowest BCUT2D eigenvalue weighted by molar-refractivity contribution is -0.121. The van der Waals surface area contributed by atoms with Gasteiger partial charge in [0.1, 0.15) is 11.6 Å². The molecule has 1 saturated heterocycles. The summed E-state index contributed by atoms with van der Waals surface area (Å²) >= 11 is 0. The Morgan fingerprint density at radius 1 is 1.22 bits per heavy atom. The summed E-state index contributed by atoms with van der Waals surface area (Å²) in [6, 6.07) is 7.35. The highest BCUT2D eigenvalue weighted by Gasteiger charge is 2.34. The summed E-state index contributed by atoms with van der Waals surface area (Å²) in [6.07, 6.45) is 2.31. The molecule has 3 aromatic rings. The number of benzene rings is 1. The van der Waals surface area contributed by atoms with Crippen LogP contribution in [0.3, 0.4) is 0 Å². The highest BCUT2D eigenvalue weighted by atomic mass is 32.2. The number of sulfonamides is 1. The van der Waals surface area contributed by atoms with Crippen molar-refractivity contribution in [3.63, 3.8) is 0 Å². The van der Waals surface area contributed by atoms with Gasteiger partial charge < -0.3 is 9.30 Å². The van der Waals surface area contributed by atoms with Gasteiger partial charge in [-0.05, 0) is 31.9 Å². The number of rotatable bonds is 6. The number of carbonyl (C=O) groups excluding carboxylic acids is 1. The first-order chi connectivity index (χ1) is 15.3. The molecule has 2 aromatic heterocycles. The second-order valence-electron chi connectivity index (χ2n) is 7.61. The van der Waals surface area contributed by atoms with E-state index in [1.54, 1.807) is 25.6 Å². The summed E-state index contributed by atoms with van der Waals surface area (Å²) < 4.78 is 34.0. The predicted octanol–water partition coefficient (Wildman–Crippen LogP) is 1.56. The maximum Gasteiger partial charge on any atom is 0.262 e. The molecule has 12 heteroatoms. The molecule has 2 N–H and O–H groups in total. The molecule has 1 aliphatic heterocycles. The molecular formula is C20H25N7O4S. The molecule has 0 spiro atoms. The third-order valence-corrected chi connectivity index (χ3v) is 7.37. The second kappa shape index (κ2) is 8.71. The average molecular weight is 460 g/mol. The second-order valence-corrected chi connectivity index (χ2v) is 9.50. The Labute approximate surface area is 185 Å². The Bertz CT molecular complexity index is 1210. The van der Waals surface area contributed by atoms with Gasteiger partial charge in [-0.1, -0.05) is 12.1 Å². The number of methoxy groups -OCH3 is 1. The Hall–Kier alpha value is -3.25. The number of hydrogen-bond donors (Lipinski definition) is 2. The van der Waals surface area contributed by atoms with Crippen LogP contribution in [0, 0.1) is 12.8 Å². The van der Waals surface area contributed by atoms with Gasteiger partial charge in [-0.2, -0.15) is 9.29 Å². The van der Waals surface area contributed by atoms with E-state index in [1.165, 1.54) is 10.5 Å². The van der Waals surface area contributed by atoms with Crippen molar-refractivity contribution in [1.29, 1.82) is 0 Å². The van der Waals surface area contributed by atoms with Crippen LogP contribution in [0.4, 0.5) is 5.95 Å². The van der Waals surface area contributed by atoms with Crippen LogP contribution in [0.1, 0.15) is 18.7 Å². The van der Waals surface area contributed by atoms with E-state index in [2.05, 4.69) is 25.5 Å². The van der Waals surface area contributed by atoms with E-state index in [-0.39, 0.29) is 35.9 Å². The summed E-state index contributed by atoms with van der Waals surface area (Å²) in [5.41, 5.74) is 0.728. The van der Waals surface area contributed by atoms with Gasteiger partial charge in [0.15, 0.2) is 10.9 Å². The largest absolute Gasteiger partial charge is 0.496 e. The van der Waals surface area contributed by atoms with Gasteiger partial charge >= 0.3 is 0 Å². The number of nitrogens with one attached hydrogen (secondary N) is 2. The van der Waals surface area contributed by atoms with Crippen molar-refractivity contribution in [1.82, 2.24) is 29.0 Å². The average Bonchev–Trinajstić information content (AvgIpc) is 3.40. The van der Waals surface area contributed by atoms with Gasteiger partial charge in [-0.3, -0.25) is 15.2 Å². The molecule has 0 saturated carbocycles. The van der Waals surface area contributed by atoms with Crippen LogP contribution in [0.5, 0.6) is 5.75 Å². The smallest absolute Gasteiger partial charge is 0.262 e. The first kappa shape index (κ1) is 22.0. The van der Waals surface area contributed by atoms with Crippen molar-refractivity contribution in [2.24, 2.45) is 13.0 Å². The third-order valence-electron chi connectivity index (χ3n) is 5.60. The molecule has 1 amide bonds. The fraction of sp³-hybridized carbons (Fsp3) is 0.400. The Kier molecular flexibility index (Phi) is 5.98. The van der Waals surface area contributed by atoms with Crippen molar-refractivity contribution in [2.45, 2.75) is 24.8 Å². The Morgan fingerprint density at radius 3 is 2.59 bits per heavy atom. The van der Waals surface area contributed by atoms with Gasteiger partial charge in [-0.25, -0.2) is 13.4 Å². The summed E-state index contributed by atoms with van der Waals surface area (Å²) in [6.45, 7) is 2.24. The number of anilines is 1. The summed E-state index contributed by atoms with van der Waals surface area (Å²) in [7, 11) is -0.358. The number of piperidine rings is 1. The van der Waals surface area contributed by atoms with Gasteiger partial charge in [0.05, 0.1) is 12.7 Å². The highest BCUT2D eigenvalue weighted by Crippen LogP contribution is 2.28. The van der Waals surface area contributed by atoms with Crippen LogP contribution in [0.15, 0.2) is 35.5 Å². The minimum Gasteiger partial charge on any atom is -0.496 e. The number of hydrogen-bond acceptors (Lipinski definition) is 7. The molecule has 0 atom stereocenters. The zero-order valence-corrected chi connectivity index (χ0v) is 18.9. The van der Waals surface area contributed by atoms with Gasteiger partial charge in [0.25, 0.3) is 10.0 Å². The first-order valence-corrected chi connectivity index (χ1v) is 11.6. The minimum absolute atomic E-state index is 0.0324. The maximum absolute atomic E-state index is 12.8. The number of para-hydroxylation sites is 1. The van der Waals surface area contributed by atoms with E-state index < -0.39 is 10.0 Å². The molecular weight excluding hydrogens is 434 g/mol. The van der Waals surface area contributed by atoms with E-state index in [9.17, 15) is 13.2 Å². The number of aryl methyl sites for hydroxylation is 2. The molecule has 0 radical (unpaired) electrons. The van der Waals surface area contributed by atoms with Crippen molar-refractivity contribution < 1.29 is 17.9 Å². The zero-order valence-electron chi connectivity index (χ0n) is 18.1. The molecule has 0 unspecified atom stereocenters. The molecule has 0 aliphatic carbocycles. The molecule has 32 heavy (non-hydrogen) atoms. The van der Waals surface area contributed by atoms with E-state index in [4.69, 9.17) is 4.74 Å². The molecule has 3 heterocycles. The third kappa shape index (κ3) is 4.23. The molecule has 170 valence electrons. The number of carbonyl (C=O) groups is 1. The molecule has 1 fully saturated rings. The lowest BCUT2D eigenvalue weighted by atomic mass is 9.97. The van der Waals surface area contributed by atoms with Crippen molar-refractivity contribution >= 4 is 21.9 Å². The van der Waals surface area contributed by atoms with Gasteiger partial charge in [0, 0.05) is 32.3 Å². The van der Waals surface area contributed by atoms with Crippen LogP contribution in [-0.4, -0.2) is 63.6 Å². The van der Waals surface area contributed by atoms with Crippen LogP contribution < -0.4 is 10.1 Å². The number of H-pyrrole nitrogens is 1. The zero-order chi connectivity index (χ0) is 22.9. The Morgan fingerprint density at radius 2 is 1.94 bits per heavy atom. The fourth-order valence-electron chi connectivity index (χ4n) is 3.63. The quantitative estimate of drug-likeness (QED) is 0.571. The normalized spacial score (nSPS) is 15.6. The SMILES string of the molecule is COc1ccccc1-c1nc(NC(=O)C2CCN(S(=O)(=O)c3cn(C)c(C)n3)CC2)n[nH]1. The molecule has 1 aromatic carbocycles. The number of amides is 1. The number of ether oxygens (including phenoxy) is 1. The molecule has 0 bridgehead atoms. The minimum atomic E-state index is -3.68. The topological polar surface area (TPSA) is 135 Å². The fourth-order valence-corrected chi connectivity index (χ4v) is 5.13. The molecule has 11 nitrogen and oxygen atoms in total. The maximum atomic E-state index is 12.8. The van der Waals surface area contributed by atoms with Crippen LogP contribution in [-0.2, 0) is 21.9 Å². The van der Waals surface area contributed by atoms with E-state index in [0.29, 0.717) is 30.2 Å². The number of imidazole rings is 1. The van der Waals surface area contributed by atoms with Gasteiger partial charge in [0.2, 0.25) is 11.9 Å². The lowest BCUT2D eigenvalue weighted by Gasteiger charge is -2.29. The van der Waals surface area contributed by atoms with Crippen molar-refractivity contribution in [3.05, 3.63) is 36.3 Å². The number of nitrogens with zero attached hydrogens (tertiary/aromatic N) is 5. The lowest BCUT2D eigenvalue weighted by Crippen LogP contribution is -2.41. The van der Waals surface area contributed by atoms with Crippen LogP contribution in [0.2, 0.25) is 0 Å². The van der Waals surface area contributed by atoms with E-state index in [0.717, 1.165) is 5.56 Å². The molecule has 4 rings (SSSR count). The summed E-state index contributed by atoms with van der Waals surface area (Å²) in [5.74, 6) is 1.33. The van der Waals surface area contributed by atoms with Crippen LogP contribution in [0.25, 0.3) is 11.4 Å². The Balaban J connectivity index is 1.38.